The largest absolute Gasteiger partial charge is 0.333 e. The normalized spacial score (nSPS) is 10.6. The summed E-state index contributed by atoms with van der Waals surface area (Å²) in [5.74, 6) is 0.532. The molecular formula is C10H11ClN2S. The Bertz CT molecular complexity index is 380. The average Bonchev–Trinajstić information content (AvgIpc) is 2.85. The van der Waals surface area contributed by atoms with Gasteiger partial charge in [0.2, 0.25) is 0 Å². The molecule has 0 N–H and O–H groups in total. The van der Waals surface area contributed by atoms with Crippen LogP contribution < -0.4 is 0 Å². The zero-order valence-corrected chi connectivity index (χ0v) is 9.26. The number of rotatable bonds is 4. The van der Waals surface area contributed by atoms with Gasteiger partial charge in [0, 0.05) is 17.6 Å². The van der Waals surface area contributed by atoms with Crippen LogP contribution in [0, 0.1) is 0 Å². The minimum Gasteiger partial charge on any atom is -0.333 e. The van der Waals surface area contributed by atoms with E-state index in [1.807, 2.05) is 12.5 Å². The average molecular weight is 227 g/mol. The molecule has 0 amide bonds. The summed E-state index contributed by atoms with van der Waals surface area (Å²) in [5.41, 5.74) is 1.09. The monoisotopic (exact) mass is 226 g/mol. The zero-order valence-electron chi connectivity index (χ0n) is 7.69. The molecule has 0 radical (unpaired) electrons. The fraction of sp³-hybridized carbons (Fsp3) is 0.300. The number of thiophene rings is 1. The molecule has 2 rings (SSSR count). The van der Waals surface area contributed by atoms with Gasteiger partial charge in [-0.25, -0.2) is 4.98 Å². The maximum atomic E-state index is 5.78. The predicted molar refractivity (Wildman–Crippen MR) is 59.8 cm³/mol. The molecule has 2 nitrogen and oxygen atoms in total. The van der Waals surface area contributed by atoms with Gasteiger partial charge in [0.1, 0.15) is 0 Å². The molecule has 2 aromatic rings. The van der Waals surface area contributed by atoms with Crippen LogP contribution in [0.1, 0.15) is 10.6 Å². The van der Waals surface area contributed by atoms with Crippen molar-refractivity contribution < 1.29 is 0 Å². The van der Waals surface area contributed by atoms with E-state index >= 15 is 0 Å². The van der Waals surface area contributed by atoms with Crippen molar-refractivity contribution in [3.05, 3.63) is 40.6 Å². The molecule has 0 fully saturated rings. The number of hydrogen-bond acceptors (Lipinski definition) is 2. The molecule has 0 spiro atoms. The quantitative estimate of drug-likeness (QED) is 0.733. The lowest BCUT2D eigenvalue weighted by molar-refractivity contribution is 0.679. The van der Waals surface area contributed by atoms with Crippen molar-refractivity contribution in [2.45, 2.75) is 18.8 Å². The number of halogens is 1. The first-order valence-electron chi connectivity index (χ1n) is 4.47. The first kappa shape index (κ1) is 9.74. The first-order chi connectivity index (χ1) is 6.90. The fourth-order valence-electron chi connectivity index (χ4n) is 1.35. The van der Waals surface area contributed by atoms with Crippen LogP contribution >= 0.6 is 22.9 Å². The SMILES string of the molecule is ClCc1cncn1CCc1cccs1. The van der Waals surface area contributed by atoms with E-state index in [4.69, 9.17) is 11.6 Å². The van der Waals surface area contributed by atoms with Crippen molar-refractivity contribution in [3.63, 3.8) is 0 Å². The number of alkyl halides is 1. The van der Waals surface area contributed by atoms with Crippen LogP contribution in [0.2, 0.25) is 0 Å². The number of aromatic nitrogens is 2. The van der Waals surface area contributed by atoms with Crippen molar-refractivity contribution in [3.8, 4) is 0 Å². The molecule has 0 aliphatic carbocycles. The molecule has 0 bridgehead atoms. The topological polar surface area (TPSA) is 17.8 Å². The van der Waals surface area contributed by atoms with Gasteiger partial charge in [-0.05, 0) is 17.9 Å². The summed E-state index contributed by atoms with van der Waals surface area (Å²) in [6.07, 6.45) is 4.71. The molecule has 0 saturated heterocycles. The third kappa shape index (κ3) is 2.16. The molecule has 74 valence electrons. The number of nitrogens with zero attached hydrogens (tertiary/aromatic N) is 2. The Morgan fingerprint density at radius 2 is 2.43 bits per heavy atom. The Balaban J connectivity index is 1.98. The van der Waals surface area contributed by atoms with Gasteiger partial charge in [0.25, 0.3) is 0 Å². The summed E-state index contributed by atoms with van der Waals surface area (Å²) in [5, 5.41) is 2.10. The molecule has 0 saturated carbocycles. The van der Waals surface area contributed by atoms with Gasteiger partial charge in [-0.3, -0.25) is 0 Å². The maximum absolute atomic E-state index is 5.78. The molecular weight excluding hydrogens is 216 g/mol. The van der Waals surface area contributed by atoms with Gasteiger partial charge in [-0.2, -0.15) is 0 Å². The summed E-state index contributed by atoms with van der Waals surface area (Å²) < 4.78 is 2.10. The lowest BCUT2D eigenvalue weighted by Crippen LogP contribution is -2.02. The smallest absolute Gasteiger partial charge is 0.0948 e. The molecule has 2 aromatic heterocycles. The zero-order chi connectivity index (χ0) is 9.80. The van der Waals surface area contributed by atoms with Gasteiger partial charge >= 0.3 is 0 Å². The number of hydrogen-bond donors (Lipinski definition) is 0. The number of imidazole rings is 1. The predicted octanol–water partition coefficient (Wildman–Crippen LogP) is 2.93. The van der Waals surface area contributed by atoms with Crippen LogP contribution in [0.5, 0.6) is 0 Å². The van der Waals surface area contributed by atoms with Crippen molar-refractivity contribution >= 4 is 22.9 Å². The van der Waals surface area contributed by atoms with Crippen LogP contribution in [0.25, 0.3) is 0 Å². The Morgan fingerprint density at radius 3 is 3.14 bits per heavy atom. The van der Waals surface area contributed by atoms with E-state index in [9.17, 15) is 0 Å². The highest BCUT2D eigenvalue weighted by Crippen LogP contribution is 2.11. The van der Waals surface area contributed by atoms with Gasteiger partial charge < -0.3 is 4.57 Å². The molecule has 0 aliphatic rings. The highest BCUT2D eigenvalue weighted by Gasteiger charge is 2.00. The Kier molecular flexibility index (Phi) is 3.22. The fourth-order valence-corrected chi connectivity index (χ4v) is 2.27. The van der Waals surface area contributed by atoms with Gasteiger partial charge in [0.15, 0.2) is 0 Å². The van der Waals surface area contributed by atoms with Gasteiger partial charge in [0.05, 0.1) is 17.9 Å². The lowest BCUT2D eigenvalue weighted by Gasteiger charge is -2.03. The minimum absolute atomic E-state index is 0.532. The van der Waals surface area contributed by atoms with E-state index in [-0.39, 0.29) is 0 Å². The second kappa shape index (κ2) is 4.62. The van der Waals surface area contributed by atoms with E-state index < -0.39 is 0 Å². The lowest BCUT2D eigenvalue weighted by atomic mass is 10.3. The second-order valence-corrected chi connectivity index (χ2v) is 4.34. The first-order valence-corrected chi connectivity index (χ1v) is 5.89. The van der Waals surface area contributed by atoms with Crippen LogP contribution in [0.3, 0.4) is 0 Å². The Morgan fingerprint density at radius 1 is 1.50 bits per heavy atom. The van der Waals surface area contributed by atoms with E-state index in [2.05, 4.69) is 27.1 Å². The Hall–Kier alpha value is -0.800. The van der Waals surface area contributed by atoms with Gasteiger partial charge in [-0.1, -0.05) is 6.07 Å². The molecule has 14 heavy (non-hydrogen) atoms. The molecule has 0 unspecified atom stereocenters. The highest BCUT2D eigenvalue weighted by atomic mass is 35.5. The van der Waals surface area contributed by atoms with E-state index in [1.165, 1.54) is 4.88 Å². The summed E-state index contributed by atoms with van der Waals surface area (Å²) in [4.78, 5) is 5.48. The van der Waals surface area contributed by atoms with Crippen molar-refractivity contribution in [2.24, 2.45) is 0 Å². The van der Waals surface area contributed by atoms with Crippen molar-refractivity contribution in [1.29, 1.82) is 0 Å². The molecule has 2 heterocycles. The molecule has 0 atom stereocenters. The minimum atomic E-state index is 0.532. The third-order valence-corrected chi connectivity index (χ3v) is 3.32. The summed E-state index contributed by atoms with van der Waals surface area (Å²) >= 11 is 7.57. The van der Waals surface area contributed by atoms with Crippen LogP contribution in [0.4, 0.5) is 0 Å². The highest BCUT2D eigenvalue weighted by molar-refractivity contribution is 7.09. The second-order valence-electron chi connectivity index (χ2n) is 3.04. The number of aryl methyl sites for hydroxylation is 2. The van der Waals surface area contributed by atoms with Gasteiger partial charge in [-0.15, -0.1) is 22.9 Å². The third-order valence-electron chi connectivity index (χ3n) is 2.11. The summed E-state index contributed by atoms with van der Waals surface area (Å²) in [7, 11) is 0. The molecule has 0 aliphatic heterocycles. The van der Waals surface area contributed by atoms with Crippen LogP contribution in [-0.2, 0) is 18.8 Å². The standard InChI is InChI=1S/C10H11ClN2S/c11-6-9-7-12-8-13(9)4-3-10-2-1-5-14-10/h1-2,5,7-8H,3-4,6H2. The molecule has 4 heteroatoms. The Labute approximate surface area is 92.2 Å². The van der Waals surface area contributed by atoms with E-state index in [1.54, 1.807) is 11.3 Å². The summed E-state index contributed by atoms with van der Waals surface area (Å²) in [6.45, 7) is 0.961. The van der Waals surface area contributed by atoms with Crippen molar-refractivity contribution in [1.82, 2.24) is 9.55 Å². The summed E-state index contributed by atoms with van der Waals surface area (Å²) in [6, 6.07) is 4.23. The van der Waals surface area contributed by atoms with Crippen LogP contribution in [-0.4, -0.2) is 9.55 Å². The van der Waals surface area contributed by atoms with Crippen LogP contribution in [0.15, 0.2) is 30.0 Å². The van der Waals surface area contributed by atoms with Crippen molar-refractivity contribution in [2.75, 3.05) is 0 Å². The molecule has 0 aromatic carbocycles. The maximum Gasteiger partial charge on any atom is 0.0948 e. The van der Waals surface area contributed by atoms with E-state index in [0.717, 1.165) is 18.7 Å². The van der Waals surface area contributed by atoms with E-state index in [0.29, 0.717) is 5.88 Å².